The summed E-state index contributed by atoms with van der Waals surface area (Å²) in [5, 5.41) is 4.21. The Morgan fingerprint density at radius 3 is 3.10 bits per heavy atom. The number of hydrogen-bond acceptors (Lipinski definition) is 4. The van der Waals surface area contributed by atoms with Crippen molar-refractivity contribution in [3.63, 3.8) is 0 Å². The number of ether oxygens (including phenoxy) is 1. The van der Waals surface area contributed by atoms with Crippen molar-refractivity contribution in [3.8, 4) is 0 Å². The molecule has 0 radical (unpaired) electrons. The van der Waals surface area contributed by atoms with Gasteiger partial charge in [0, 0.05) is 25.5 Å². The zero-order valence-electron chi connectivity index (χ0n) is 12.6. The van der Waals surface area contributed by atoms with E-state index in [1.807, 2.05) is 23.1 Å². The molecule has 0 aromatic carbocycles. The fraction of sp³-hybridized carbons (Fsp3) is 0.562. The maximum atomic E-state index is 5.94. The van der Waals surface area contributed by atoms with Crippen molar-refractivity contribution < 1.29 is 9.15 Å². The van der Waals surface area contributed by atoms with Crippen LogP contribution in [0.3, 0.4) is 0 Å². The molecule has 5 heteroatoms. The number of furan rings is 1. The predicted molar refractivity (Wildman–Crippen MR) is 79.8 cm³/mol. The summed E-state index contributed by atoms with van der Waals surface area (Å²) in [6.07, 6.45) is 7.41. The molecule has 2 aromatic rings. The smallest absolute Gasteiger partial charge is 0.133 e. The summed E-state index contributed by atoms with van der Waals surface area (Å²) in [5.74, 6) is 1.98. The van der Waals surface area contributed by atoms with Gasteiger partial charge in [-0.2, -0.15) is 5.10 Å². The van der Waals surface area contributed by atoms with Crippen molar-refractivity contribution in [2.24, 2.45) is 0 Å². The molecule has 1 aliphatic heterocycles. The molecule has 0 aliphatic carbocycles. The summed E-state index contributed by atoms with van der Waals surface area (Å²) in [4.78, 5) is 2.24. The van der Waals surface area contributed by atoms with Crippen LogP contribution in [0.4, 0.5) is 0 Å². The molecule has 2 aromatic heterocycles. The molecule has 0 bridgehead atoms. The van der Waals surface area contributed by atoms with Crippen LogP contribution in [0.1, 0.15) is 36.9 Å². The lowest BCUT2D eigenvalue weighted by Crippen LogP contribution is -2.22. The van der Waals surface area contributed by atoms with Gasteiger partial charge in [-0.1, -0.05) is 0 Å². The Morgan fingerprint density at radius 2 is 2.33 bits per heavy atom. The second kappa shape index (κ2) is 6.91. The largest absolute Gasteiger partial charge is 0.462 e. The molecular weight excluding hydrogens is 266 g/mol. The van der Waals surface area contributed by atoms with Crippen LogP contribution in [-0.2, 0) is 17.8 Å². The van der Waals surface area contributed by atoms with Gasteiger partial charge in [-0.25, -0.2) is 0 Å². The third kappa shape index (κ3) is 3.95. The van der Waals surface area contributed by atoms with Gasteiger partial charge in [-0.05, 0) is 44.5 Å². The highest BCUT2D eigenvalue weighted by Gasteiger charge is 2.19. The SMILES string of the molecule is CN(CCn1cccn1)Cc1ccc([C@@H]2CCCCO2)o1. The number of aromatic nitrogens is 2. The lowest BCUT2D eigenvalue weighted by atomic mass is 10.1. The topological polar surface area (TPSA) is 43.4 Å². The highest BCUT2D eigenvalue weighted by molar-refractivity contribution is 5.10. The van der Waals surface area contributed by atoms with E-state index in [2.05, 4.69) is 29.2 Å². The fourth-order valence-electron chi connectivity index (χ4n) is 2.67. The van der Waals surface area contributed by atoms with E-state index in [-0.39, 0.29) is 6.10 Å². The Bertz CT molecular complexity index is 529. The maximum Gasteiger partial charge on any atom is 0.133 e. The van der Waals surface area contributed by atoms with Crippen molar-refractivity contribution >= 4 is 0 Å². The number of rotatable bonds is 6. The van der Waals surface area contributed by atoms with Gasteiger partial charge in [0.25, 0.3) is 0 Å². The third-order valence-electron chi connectivity index (χ3n) is 3.88. The zero-order chi connectivity index (χ0) is 14.5. The van der Waals surface area contributed by atoms with Crippen LogP contribution < -0.4 is 0 Å². The quantitative estimate of drug-likeness (QED) is 0.820. The van der Waals surface area contributed by atoms with Gasteiger partial charge in [-0.15, -0.1) is 0 Å². The van der Waals surface area contributed by atoms with Gasteiger partial charge < -0.3 is 9.15 Å². The van der Waals surface area contributed by atoms with E-state index < -0.39 is 0 Å². The minimum absolute atomic E-state index is 0.155. The minimum atomic E-state index is 0.155. The predicted octanol–water partition coefficient (Wildman–Crippen LogP) is 2.85. The van der Waals surface area contributed by atoms with Gasteiger partial charge in [0.2, 0.25) is 0 Å². The van der Waals surface area contributed by atoms with E-state index in [9.17, 15) is 0 Å². The van der Waals surface area contributed by atoms with E-state index in [1.165, 1.54) is 12.8 Å². The van der Waals surface area contributed by atoms with Gasteiger partial charge >= 0.3 is 0 Å². The van der Waals surface area contributed by atoms with Crippen LogP contribution in [0.2, 0.25) is 0 Å². The average Bonchev–Trinajstić information content (AvgIpc) is 3.17. The summed E-state index contributed by atoms with van der Waals surface area (Å²) >= 11 is 0. The van der Waals surface area contributed by atoms with Gasteiger partial charge in [0.15, 0.2) is 0 Å². The second-order valence-electron chi connectivity index (χ2n) is 5.67. The molecule has 114 valence electrons. The normalized spacial score (nSPS) is 19.2. The number of nitrogens with zero attached hydrogens (tertiary/aromatic N) is 3. The van der Waals surface area contributed by atoms with Crippen molar-refractivity contribution in [2.75, 3.05) is 20.2 Å². The second-order valence-corrected chi connectivity index (χ2v) is 5.67. The Morgan fingerprint density at radius 1 is 1.38 bits per heavy atom. The monoisotopic (exact) mass is 289 g/mol. The minimum Gasteiger partial charge on any atom is -0.462 e. The lowest BCUT2D eigenvalue weighted by Gasteiger charge is -2.20. The molecule has 1 aliphatic rings. The molecule has 0 amide bonds. The summed E-state index contributed by atoms with van der Waals surface area (Å²) < 4.78 is 13.6. The molecular formula is C16H23N3O2. The average molecular weight is 289 g/mol. The Labute approximate surface area is 125 Å². The van der Waals surface area contributed by atoms with Crippen LogP contribution in [0, 0.1) is 0 Å². The summed E-state index contributed by atoms with van der Waals surface area (Å²) in [6.45, 7) is 3.50. The third-order valence-corrected chi connectivity index (χ3v) is 3.88. The van der Waals surface area contributed by atoms with Crippen LogP contribution in [-0.4, -0.2) is 34.9 Å². The first kappa shape index (κ1) is 14.4. The molecule has 0 unspecified atom stereocenters. The Balaban J connectivity index is 1.49. The first-order chi connectivity index (χ1) is 10.3. The Hall–Kier alpha value is -1.59. The fourth-order valence-corrected chi connectivity index (χ4v) is 2.67. The van der Waals surface area contributed by atoms with Crippen molar-refractivity contribution in [3.05, 3.63) is 42.1 Å². The van der Waals surface area contributed by atoms with E-state index in [1.54, 1.807) is 0 Å². The van der Waals surface area contributed by atoms with Crippen LogP contribution in [0.5, 0.6) is 0 Å². The number of likely N-dealkylation sites (N-methyl/N-ethyl adjacent to an activating group) is 1. The maximum absolute atomic E-state index is 5.94. The van der Waals surface area contributed by atoms with Crippen molar-refractivity contribution in [2.45, 2.75) is 38.5 Å². The summed E-state index contributed by atoms with van der Waals surface area (Å²) in [7, 11) is 2.10. The molecule has 1 atom stereocenters. The van der Waals surface area contributed by atoms with Gasteiger partial charge in [0.1, 0.15) is 17.6 Å². The first-order valence-corrected chi connectivity index (χ1v) is 7.67. The molecule has 3 rings (SSSR count). The summed E-state index contributed by atoms with van der Waals surface area (Å²) in [6, 6.07) is 6.08. The number of hydrogen-bond donors (Lipinski definition) is 0. The molecule has 0 saturated carbocycles. The highest BCUT2D eigenvalue weighted by Crippen LogP contribution is 2.29. The standard InChI is InChI=1S/C16H23N3O2/c1-18(10-11-19-9-4-8-17-19)13-14-6-7-16(21-14)15-5-2-3-12-20-15/h4,6-9,15H,2-3,5,10-13H2,1H3/t15-/m0/s1. The van der Waals surface area contributed by atoms with E-state index >= 15 is 0 Å². The lowest BCUT2D eigenvalue weighted by molar-refractivity contribution is 0.000921. The van der Waals surface area contributed by atoms with Crippen LogP contribution in [0.25, 0.3) is 0 Å². The molecule has 21 heavy (non-hydrogen) atoms. The van der Waals surface area contributed by atoms with Crippen LogP contribution in [0.15, 0.2) is 35.0 Å². The van der Waals surface area contributed by atoms with Crippen molar-refractivity contribution in [1.29, 1.82) is 0 Å². The first-order valence-electron chi connectivity index (χ1n) is 7.67. The van der Waals surface area contributed by atoms with Crippen molar-refractivity contribution in [1.82, 2.24) is 14.7 Å². The van der Waals surface area contributed by atoms with Gasteiger partial charge in [0.05, 0.1) is 13.1 Å². The van der Waals surface area contributed by atoms with Gasteiger partial charge in [-0.3, -0.25) is 9.58 Å². The molecule has 0 spiro atoms. The molecule has 5 nitrogen and oxygen atoms in total. The van der Waals surface area contributed by atoms with E-state index in [4.69, 9.17) is 9.15 Å². The Kier molecular flexibility index (Phi) is 4.72. The zero-order valence-corrected chi connectivity index (χ0v) is 12.6. The molecule has 0 N–H and O–H groups in total. The van der Waals surface area contributed by atoms with E-state index in [0.717, 1.165) is 44.2 Å². The molecule has 1 saturated heterocycles. The van der Waals surface area contributed by atoms with E-state index in [0.29, 0.717) is 0 Å². The molecule has 3 heterocycles. The van der Waals surface area contributed by atoms with Crippen LogP contribution >= 0.6 is 0 Å². The molecule has 1 fully saturated rings. The highest BCUT2D eigenvalue weighted by atomic mass is 16.5. The summed E-state index contributed by atoms with van der Waals surface area (Å²) in [5.41, 5.74) is 0.